The molecule has 8 aromatic carbocycles. The molecule has 0 fully saturated rings. The van der Waals surface area contributed by atoms with Gasteiger partial charge in [-0.2, -0.15) is 0 Å². The summed E-state index contributed by atoms with van der Waals surface area (Å²) in [4.78, 5) is 10.8. The van der Waals surface area contributed by atoms with Gasteiger partial charge in [-0.1, -0.05) is 184 Å². The SMILES string of the molecule is CC1(C)c2cc3ccccc3cc2-c2c(-c3cccc(-c4nc(-c5ccccc5-c5ccccc5)cc(-c5ccccc5-c5ccccc5)n4)c3)cccc21. The fourth-order valence-electron chi connectivity index (χ4n) is 8.54. The van der Waals surface area contributed by atoms with E-state index in [1.54, 1.807) is 0 Å². The molecular formula is C53H38N2. The number of fused-ring (bicyclic) bond motifs is 4. The van der Waals surface area contributed by atoms with Gasteiger partial charge in [-0.05, 0) is 90.7 Å². The Morgan fingerprint density at radius 1 is 0.327 bits per heavy atom. The van der Waals surface area contributed by atoms with Gasteiger partial charge in [0, 0.05) is 22.1 Å². The quantitative estimate of drug-likeness (QED) is 0.172. The molecule has 0 aliphatic heterocycles. The highest BCUT2D eigenvalue weighted by atomic mass is 14.9. The molecule has 0 bridgehead atoms. The molecule has 0 unspecified atom stereocenters. The van der Waals surface area contributed by atoms with Gasteiger partial charge in [-0.3, -0.25) is 0 Å². The first-order valence-electron chi connectivity index (χ1n) is 19.0. The predicted octanol–water partition coefficient (Wildman–Crippen LogP) is 13.9. The molecule has 0 saturated heterocycles. The minimum Gasteiger partial charge on any atom is -0.228 e. The Bertz CT molecular complexity index is 2790. The van der Waals surface area contributed by atoms with Crippen LogP contribution >= 0.6 is 0 Å². The third kappa shape index (κ3) is 5.66. The van der Waals surface area contributed by atoms with Crippen molar-refractivity contribution in [2.24, 2.45) is 0 Å². The van der Waals surface area contributed by atoms with Crippen molar-refractivity contribution in [2.75, 3.05) is 0 Å². The Morgan fingerprint density at radius 3 is 1.42 bits per heavy atom. The molecule has 55 heavy (non-hydrogen) atoms. The molecule has 0 saturated carbocycles. The molecule has 0 atom stereocenters. The lowest BCUT2D eigenvalue weighted by Gasteiger charge is -2.22. The number of aromatic nitrogens is 2. The summed E-state index contributed by atoms with van der Waals surface area (Å²) in [5.74, 6) is 0.694. The highest BCUT2D eigenvalue weighted by Crippen LogP contribution is 2.53. The number of benzene rings is 8. The van der Waals surface area contributed by atoms with E-state index in [2.05, 4.69) is 208 Å². The van der Waals surface area contributed by atoms with Crippen molar-refractivity contribution in [3.63, 3.8) is 0 Å². The van der Waals surface area contributed by atoms with E-state index < -0.39 is 0 Å². The molecule has 9 aromatic rings. The molecule has 0 radical (unpaired) electrons. The van der Waals surface area contributed by atoms with Crippen LogP contribution in [0.1, 0.15) is 25.0 Å². The molecule has 0 amide bonds. The van der Waals surface area contributed by atoms with Crippen LogP contribution in [0.3, 0.4) is 0 Å². The van der Waals surface area contributed by atoms with Crippen LogP contribution in [0.15, 0.2) is 194 Å². The number of hydrogen-bond acceptors (Lipinski definition) is 2. The molecule has 0 spiro atoms. The first kappa shape index (κ1) is 32.7. The summed E-state index contributed by atoms with van der Waals surface area (Å²) in [6.07, 6.45) is 0. The Morgan fingerprint density at radius 2 is 0.800 bits per heavy atom. The van der Waals surface area contributed by atoms with Gasteiger partial charge in [0.2, 0.25) is 0 Å². The summed E-state index contributed by atoms with van der Waals surface area (Å²) in [6, 6.07) is 69.5. The Labute approximate surface area is 322 Å². The van der Waals surface area contributed by atoms with Crippen LogP contribution in [0.2, 0.25) is 0 Å². The van der Waals surface area contributed by atoms with Crippen molar-refractivity contribution in [3.05, 3.63) is 205 Å². The van der Waals surface area contributed by atoms with Crippen molar-refractivity contribution in [3.8, 4) is 78.4 Å². The number of nitrogens with zero attached hydrogens (tertiary/aromatic N) is 2. The van der Waals surface area contributed by atoms with E-state index in [0.717, 1.165) is 55.9 Å². The van der Waals surface area contributed by atoms with Crippen LogP contribution in [0.4, 0.5) is 0 Å². The van der Waals surface area contributed by atoms with Crippen LogP contribution < -0.4 is 0 Å². The van der Waals surface area contributed by atoms with E-state index in [1.807, 2.05) is 0 Å². The predicted molar refractivity (Wildman–Crippen MR) is 230 cm³/mol. The highest BCUT2D eigenvalue weighted by Gasteiger charge is 2.37. The summed E-state index contributed by atoms with van der Waals surface area (Å²) in [5, 5.41) is 2.54. The van der Waals surface area contributed by atoms with E-state index >= 15 is 0 Å². The van der Waals surface area contributed by atoms with Gasteiger partial charge in [0.25, 0.3) is 0 Å². The molecule has 1 aromatic heterocycles. The lowest BCUT2D eigenvalue weighted by Crippen LogP contribution is -2.14. The van der Waals surface area contributed by atoms with Crippen LogP contribution in [0.25, 0.3) is 89.2 Å². The van der Waals surface area contributed by atoms with Gasteiger partial charge in [0.15, 0.2) is 5.82 Å². The van der Waals surface area contributed by atoms with Gasteiger partial charge >= 0.3 is 0 Å². The molecule has 2 nitrogen and oxygen atoms in total. The second-order valence-electron chi connectivity index (χ2n) is 15.0. The summed E-state index contributed by atoms with van der Waals surface area (Å²) in [6.45, 7) is 4.71. The monoisotopic (exact) mass is 702 g/mol. The maximum Gasteiger partial charge on any atom is 0.160 e. The fourth-order valence-corrected chi connectivity index (χ4v) is 8.54. The van der Waals surface area contributed by atoms with E-state index in [9.17, 15) is 0 Å². The van der Waals surface area contributed by atoms with Crippen LogP contribution in [-0.2, 0) is 5.41 Å². The maximum absolute atomic E-state index is 5.38. The standard InChI is InChI=1S/C53H38N2/c1-53(2)47-30-16-29-43(51(47)46-32-37-21-9-10-22-38(37)33-48(46)53)39-23-15-24-40(31-39)52-54-49(44-27-13-11-25-41(44)35-17-5-3-6-18-35)34-50(55-52)45-28-14-12-26-42(45)36-19-7-4-8-20-36/h3-34H,1-2H3. The number of rotatable bonds is 6. The normalized spacial score (nSPS) is 12.7. The van der Waals surface area contributed by atoms with Crippen LogP contribution in [0.5, 0.6) is 0 Å². The highest BCUT2D eigenvalue weighted by molar-refractivity contribution is 5.99. The lowest BCUT2D eigenvalue weighted by molar-refractivity contribution is 0.661. The first-order valence-corrected chi connectivity index (χ1v) is 19.0. The minimum atomic E-state index is -0.118. The lowest BCUT2D eigenvalue weighted by atomic mass is 9.81. The largest absolute Gasteiger partial charge is 0.228 e. The molecule has 260 valence electrons. The Balaban J connectivity index is 1.17. The Kier molecular flexibility index (Phi) is 7.85. The fraction of sp³-hybridized carbons (Fsp3) is 0.0566. The average molecular weight is 703 g/mol. The number of hydrogen-bond donors (Lipinski definition) is 0. The van der Waals surface area contributed by atoms with Gasteiger partial charge < -0.3 is 0 Å². The second-order valence-corrected chi connectivity index (χ2v) is 15.0. The summed E-state index contributed by atoms with van der Waals surface area (Å²) >= 11 is 0. The molecule has 10 rings (SSSR count). The molecule has 2 heteroatoms. The average Bonchev–Trinajstić information content (AvgIpc) is 3.48. The van der Waals surface area contributed by atoms with Gasteiger partial charge in [0.05, 0.1) is 11.4 Å². The van der Waals surface area contributed by atoms with Crippen molar-refractivity contribution in [2.45, 2.75) is 19.3 Å². The zero-order valence-electron chi connectivity index (χ0n) is 30.9. The van der Waals surface area contributed by atoms with E-state index in [1.165, 1.54) is 38.6 Å². The molecule has 1 heterocycles. The molecule has 1 aliphatic rings. The Hall–Kier alpha value is -6.90. The van der Waals surface area contributed by atoms with Crippen molar-refractivity contribution in [1.82, 2.24) is 9.97 Å². The van der Waals surface area contributed by atoms with E-state index in [4.69, 9.17) is 9.97 Å². The first-order chi connectivity index (χ1) is 27.0. The van der Waals surface area contributed by atoms with E-state index in [0.29, 0.717) is 5.82 Å². The van der Waals surface area contributed by atoms with E-state index in [-0.39, 0.29) is 5.41 Å². The van der Waals surface area contributed by atoms with Gasteiger partial charge in [-0.15, -0.1) is 0 Å². The topological polar surface area (TPSA) is 25.8 Å². The zero-order valence-corrected chi connectivity index (χ0v) is 30.9. The summed E-state index contributed by atoms with van der Waals surface area (Å²) in [5.41, 5.74) is 17.1. The van der Waals surface area contributed by atoms with Gasteiger partial charge in [0.1, 0.15) is 0 Å². The van der Waals surface area contributed by atoms with Gasteiger partial charge in [-0.25, -0.2) is 9.97 Å². The molecule has 0 N–H and O–H groups in total. The summed E-state index contributed by atoms with van der Waals surface area (Å²) in [7, 11) is 0. The van der Waals surface area contributed by atoms with Crippen molar-refractivity contribution in [1.29, 1.82) is 0 Å². The second kappa shape index (κ2) is 13.2. The van der Waals surface area contributed by atoms with Crippen LogP contribution in [0, 0.1) is 0 Å². The third-order valence-corrected chi connectivity index (χ3v) is 11.3. The van der Waals surface area contributed by atoms with Crippen LogP contribution in [-0.4, -0.2) is 9.97 Å². The molecular weight excluding hydrogens is 665 g/mol. The summed E-state index contributed by atoms with van der Waals surface area (Å²) < 4.78 is 0. The van der Waals surface area contributed by atoms with Crippen molar-refractivity contribution >= 4 is 10.8 Å². The third-order valence-electron chi connectivity index (χ3n) is 11.3. The van der Waals surface area contributed by atoms with Crippen molar-refractivity contribution < 1.29 is 0 Å². The minimum absolute atomic E-state index is 0.118. The maximum atomic E-state index is 5.38. The zero-order chi connectivity index (χ0) is 36.9. The molecule has 1 aliphatic carbocycles. The smallest absolute Gasteiger partial charge is 0.160 e.